The second-order valence-corrected chi connectivity index (χ2v) is 5.94. The van der Waals surface area contributed by atoms with Gasteiger partial charge in [-0.3, -0.25) is 4.90 Å². The van der Waals surface area contributed by atoms with Gasteiger partial charge in [0.15, 0.2) is 0 Å². The molecule has 0 radical (unpaired) electrons. The third-order valence-corrected chi connectivity index (χ3v) is 3.17. The second-order valence-electron chi connectivity index (χ2n) is 4.94. The maximum atomic E-state index is 11.8. The molecule has 1 fully saturated rings. The van der Waals surface area contributed by atoms with Crippen LogP contribution < -0.4 is 0 Å². The van der Waals surface area contributed by atoms with Crippen molar-refractivity contribution < 1.29 is 14.7 Å². The van der Waals surface area contributed by atoms with Crippen molar-refractivity contribution in [1.82, 2.24) is 9.96 Å². The Morgan fingerprint density at radius 3 is 2.75 bits per heavy atom. The molecular weight excluding hydrogens is 228 g/mol. The van der Waals surface area contributed by atoms with Crippen LogP contribution in [0.4, 0.5) is 4.79 Å². The highest BCUT2D eigenvalue weighted by molar-refractivity contribution is 7.99. The molecule has 1 N–H and O–H groups in total. The van der Waals surface area contributed by atoms with Crippen molar-refractivity contribution in [2.75, 3.05) is 25.2 Å². The van der Waals surface area contributed by atoms with Gasteiger partial charge in [-0.15, -0.1) is 11.8 Å². The summed E-state index contributed by atoms with van der Waals surface area (Å²) in [6.07, 6.45) is -0.302. The van der Waals surface area contributed by atoms with Crippen molar-refractivity contribution in [3.63, 3.8) is 0 Å². The molecule has 0 aromatic rings. The number of amides is 1. The number of hydrogen-bond acceptors (Lipinski definition) is 5. The lowest BCUT2D eigenvalue weighted by molar-refractivity contribution is -0.0776. The first-order valence-corrected chi connectivity index (χ1v) is 6.42. The Balaban J connectivity index is 2.54. The van der Waals surface area contributed by atoms with E-state index in [4.69, 9.17) is 4.74 Å². The van der Waals surface area contributed by atoms with Gasteiger partial charge in [0.05, 0.1) is 11.9 Å². The van der Waals surface area contributed by atoms with Crippen LogP contribution in [0.15, 0.2) is 0 Å². The quantitative estimate of drug-likeness (QED) is 0.753. The standard InChI is InChI=1S/C10H20N2O3S/c1-10(2,3)15-9(13)12-7-16-6-8(12)5-11(4)14/h8,14H,5-7H2,1-4H3/t8-/m1/s1. The van der Waals surface area contributed by atoms with Crippen molar-refractivity contribution in [3.05, 3.63) is 0 Å². The van der Waals surface area contributed by atoms with Gasteiger partial charge < -0.3 is 9.94 Å². The molecule has 1 aliphatic rings. The molecular formula is C10H20N2O3S. The number of likely N-dealkylation sites (N-methyl/N-ethyl adjacent to an activating group) is 1. The minimum atomic E-state index is -0.472. The summed E-state index contributed by atoms with van der Waals surface area (Å²) in [4.78, 5) is 13.5. The van der Waals surface area contributed by atoms with Crippen molar-refractivity contribution in [3.8, 4) is 0 Å². The largest absolute Gasteiger partial charge is 0.444 e. The van der Waals surface area contributed by atoms with E-state index in [0.717, 1.165) is 10.8 Å². The minimum absolute atomic E-state index is 0.0230. The number of hydroxylamine groups is 2. The molecule has 0 aromatic heterocycles. The van der Waals surface area contributed by atoms with Crippen LogP contribution in [0.1, 0.15) is 20.8 Å². The number of ether oxygens (including phenoxy) is 1. The molecule has 5 nitrogen and oxygen atoms in total. The first-order valence-electron chi connectivity index (χ1n) is 5.27. The van der Waals surface area contributed by atoms with Crippen molar-refractivity contribution in [2.45, 2.75) is 32.4 Å². The molecule has 1 aliphatic heterocycles. The second kappa shape index (κ2) is 5.25. The summed E-state index contributed by atoms with van der Waals surface area (Å²) in [6, 6.07) is 0.0230. The molecule has 0 aromatic carbocycles. The molecule has 1 atom stereocenters. The van der Waals surface area contributed by atoms with Crippen LogP contribution in [0.2, 0.25) is 0 Å². The normalized spacial score (nSPS) is 21.6. The predicted octanol–water partition coefficient (Wildman–Crippen LogP) is 1.62. The molecule has 0 unspecified atom stereocenters. The van der Waals surface area contributed by atoms with Gasteiger partial charge in [0, 0.05) is 19.3 Å². The smallest absolute Gasteiger partial charge is 0.411 e. The molecule has 1 rings (SSSR count). The van der Waals surface area contributed by atoms with Gasteiger partial charge in [-0.1, -0.05) is 0 Å². The van der Waals surface area contributed by atoms with E-state index in [9.17, 15) is 10.0 Å². The monoisotopic (exact) mass is 248 g/mol. The van der Waals surface area contributed by atoms with E-state index in [1.807, 2.05) is 20.8 Å². The number of thioether (sulfide) groups is 1. The molecule has 1 amide bonds. The highest BCUT2D eigenvalue weighted by Gasteiger charge is 2.32. The number of carbonyl (C=O) groups excluding carboxylic acids is 1. The maximum Gasteiger partial charge on any atom is 0.411 e. The van der Waals surface area contributed by atoms with Crippen LogP contribution in [-0.2, 0) is 4.74 Å². The summed E-state index contributed by atoms with van der Waals surface area (Å²) in [5.41, 5.74) is -0.472. The van der Waals surface area contributed by atoms with Gasteiger partial charge in [0.2, 0.25) is 0 Å². The number of hydrogen-bond donors (Lipinski definition) is 1. The van der Waals surface area contributed by atoms with E-state index < -0.39 is 5.60 Å². The lowest BCUT2D eigenvalue weighted by Gasteiger charge is -2.28. The maximum absolute atomic E-state index is 11.8. The molecule has 94 valence electrons. The van der Waals surface area contributed by atoms with Gasteiger partial charge in [-0.2, -0.15) is 5.06 Å². The van der Waals surface area contributed by atoms with Crippen LogP contribution in [0, 0.1) is 0 Å². The Hall–Kier alpha value is -0.460. The summed E-state index contributed by atoms with van der Waals surface area (Å²) in [6.45, 7) is 6.00. The van der Waals surface area contributed by atoms with Gasteiger partial charge >= 0.3 is 6.09 Å². The highest BCUT2D eigenvalue weighted by atomic mass is 32.2. The summed E-state index contributed by atoms with van der Waals surface area (Å²) >= 11 is 1.67. The molecule has 1 saturated heterocycles. The van der Waals surface area contributed by atoms with E-state index in [-0.39, 0.29) is 12.1 Å². The molecule has 0 spiro atoms. The number of nitrogens with zero attached hydrogens (tertiary/aromatic N) is 2. The van der Waals surface area contributed by atoms with Crippen molar-refractivity contribution >= 4 is 17.9 Å². The third-order valence-electron chi connectivity index (χ3n) is 2.08. The topological polar surface area (TPSA) is 53.0 Å². The van der Waals surface area contributed by atoms with Crippen molar-refractivity contribution in [2.24, 2.45) is 0 Å². The van der Waals surface area contributed by atoms with E-state index in [1.54, 1.807) is 23.7 Å². The molecule has 16 heavy (non-hydrogen) atoms. The number of carbonyl (C=O) groups is 1. The van der Waals surface area contributed by atoms with Crippen LogP contribution in [0.3, 0.4) is 0 Å². The Bertz CT molecular complexity index is 253. The molecule has 0 saturated carbocycles. The fourth-order valence-corrected chi connectivity index (χ4v) is 2.64. The van der Waals surface area contributed by atoms with E-state index >= 15 is 0 Å². The highest BCUT2D eigenvalue weighted by Crippen LogP contribution is 2.23. The Morgan fingerprint density at radius 2 is 2.25 bits per heavy atom. The Labute approximate surface area is 101 Å². The zero-order valence-electron chi connectivity index (χ0n) is 10.3. The summed E-state index contributed by atoms with van der Waals surface area (Å²) in [5, 5.41) is 10.3. The van der Waals surface area contributed by atoms with E-state index in [2.05, 4.69) is 0 Å². The fourth-order valence-electron chi connectivity index (χ4n) is 1.46. The van der Waals surface area contributed by atoms with Crippen LogP contribution >= 0.6 is 11.8 Å². The summed E-state index contributed by atoms with van der Waals surface area (Å²) < 4.78 is 5.31. The molecule has 0 aliphatic carbocycles. The van der Waals surface area contributed by atoms with Gasteiger partial charge in [0.25, 0.3) is 0 Å². The van der Waals surface area contributed by atoms with Crippen LogP contribution in [-0.4, -0.2) is 58.1 Å². The lowest BCUT2D eigenvalue weighted by atomic mass is 10.2. The van der Waals surface area contributed by atoms with Gasteiger partial charge in [-0.25, -0.2) is 4.79 Å². The van der Waals surface area contributed by atoms with E-state index in [0.29, 0.717) is 12.4 Å². The zero-order valence-corrected chi connectivity index (χ0v) is 11.1. The van der Waals surface area contributed by atoms with Crippen LogP contribution in [0.5, 0.6) is 0 Å². The lowest BCUT2D eigenvalue weighted by Crippen LogP contribution is -2.44. The molecule has 0 bridgehead atoms. The van der Waals surface area contributed by atoms with Crippen LogP contribution in [0.25, 0.3) is 0 Å². The summed E-state index contributed by atoms with van der Waals surface area (Å²) in [5.74, 6) is 1.47. The summed E-state index contributed by atoms with van der Waals surface area (Å²) in [7, 11) is 1.58. The number of rotatable bonds is 2. The predicted molar refractivity (Wildman–Crippen MR) is 63.6 cm³/mol. The molecule has 1 heterocycles. The SMILES string of the molecule is CN(O)C[C@@H]1CSCN1C(=O)OC(C)(C)C. The average Bonchev–Trinajstić information content (AvgIpc) is 2.47. The Morgan fingerprint density at radius 1 is 1.62 bits per heavy atom. The fraction of sp³-hybridized carbons (Fsp3) is 0.900. The first kappa shape index (κ1) is 13.6. The van der Waals surface area contributed by atoms with E-state index in [1.165, 1.54) is 0 Å². The van der Waals surface area contributed by atoms with Gasteiger partial charge in [0.1, 0.15) is 5.60 Å². The minimum Gasteiger partial charge on any atom is -0.444 e. The third kappa shape index (κ3) is 4.19. The Kier molecular flexibility index (Phi) is 4.46. The van der Waals surface area contributed by atoms with Gasteiger partial charge in [-0.05, 0) is 20.8 Å². The average molecular weight is 248 g/mol. The zero-order chi connectivity index (χ0) is 12.3. The molecule has 6 heteroatoms. The van der Waals surface area contributed by atoms with Crippen molar-refractivity contribution in [1.29, 1.82) is 0 Å². The first-order chi connectivity index (χ1) is 7.29.